The summed E-state index contributed by atoms with van der Waals surface area (Å²) in [6, 6.07) is 8.61. The summed E-state index contributed by atoms with van der Waals surface area (Å²) in [7, 11) is 0.446. The van der Waals surface area contributed by atoms with Crippen LogP contribution >= 0.6 is 8.58 Å². The molecule has 0 amide bonds. The molecule has 2 aromatic rings. The topological polar surface area (TPSA) is 13.1 Å². The van der Waals surface area contributed by atoms with Crippen LogP contribution in [0.5, 0.6) is 0 Å². The Morgan fingerprint density at radius 2 is 1.35 bits per heavy atom. The molecule has 140 valence electrons. The molecule has 0 N–H and O–H groups in total. The highest BCUT2D eigenvalue weighted by Crippen LogP contribution is 2.36. The predicted octanol–water partition coefficient (Wildman–Crippen LogP) is 6.49. The van der Waals surface area contributed by atoms with Gasteiger partial charge in [-0.2, -0.15) is 0 Å². The van der Waals surface area contributed by atoms with Crippen LogP contribution < -0.4 is 5.30 Å². The molecule has 0 bridgehead atoms. The molecule has 0 saturated heterocycles. The van der Waals surface area contributed by atoms with Crippen molar-refractivity contribution in [3.63, 3.8) is 0 Å². The average molecular weight is 369 g/mol. The van der Waals surface area contributed by atoms with E-state index in [1.807, 2.05) is 12.1 Å². The van der Waals surface area contributed by atoms with Gasteiger partial charge in [0.05, 0.1) is 6.26 Å². The SMILES string of the molecule is CC(C)(C)c1cc(C(C)(C)C)c(PC#Cc2ccco2)c(C(C)(C)C)c1. The van der Waals surface area contributed by atoms with Crippen molar-refractivity contribution in [2.45, 2.75) is 78.6 Å². The van der Waals surface area contributed by atoms with Crippen molar-refractivity contribution in [3.05, 3.63) is 53.0 Å². The minimum Gasteiger partial charge on any atom is -0.456 e. The van der Waals surface area contributed by atoms with Gasteiger partial charge >= 0.3 is 0 Å². The van der Waals surface area contributed by atoms with E-state index in [4.69, 9.17) is 4.42 Å². The lowest BCUT2D eigenvalue weighted by Crippen LogP contribution is -2.30. The van der Waals surface area contributed by atoms with Crippen LogP contribution in [0.4, 0.5) is 0 Å². The Hall–Kier alpha value is -1.51. The van der Waals surface area contributed by atoms with Crippen LogP contribution in [0.25, 0.3) is 0 Å². The highest BCUT2D eigenvalue weighted by atomic mass is 31.1. The summed E-state index contributed by atoms with van der Waals surface area (Å²) < 4.78 is 5.36. The summed E-state index contributed by atoms with van der Waals surface area (Å²) in [5.74, 6) is 3.91. The summed E-state index contributed by atoms with van der Waals surface area (Å²) in [6.45, 7) is 20.7. The second-order valence-electron chi connectivity index (χ2n) is 10.0. The van der Waals surface area contributed by atoms with E-state index >= 15 is 0 Å². The molecule has 1 nitrogen and oxygen atoms in total. The van der Waals surface area contributed by atoms with E-state index in [0.29, 0.717) is 8.58 Å². The zero-order valence-corrected chi connectivity index (χ0v) is 18.8. The van der Waals surface area contributed by atoms with Gasteiger partial charge < -0.3 is 4.42 Å². The maximum Gasteiger partial charge on any atom is 0.176 e. The summed E-state index contributed by atoms with van der Waals surface area (Å²) in [5.41, 5.74) is 7.90. The van der Waals surface area contributed by atoms with Crippen LogP contribution in [0.1, 0.15) is 84.8 Å². The molecule has 1 aromatic carbocycles. The van der Waals surface area contributed by atoms with E-state index in [1.165, 1.54) is 22.0 Å². The molecular weight excluding hydrogens is 335 g/mol. The predicted molar refractivity (Wildman–Crippen MR) is 116 cm³/mol. The highest BCUT2D eigenvalue weighted by molar-refractivity contribution is 7.52. The molecule has 0 saturated carbocycles. The molecule has 0 aliphatic heterocycles. The highest BCUT2D eigenvalue weighted by Gasteiger charge is 2.28. The Balaban J connectivity index is 2.66. The fourth-order valence-corrected chi connectivity index (χ4v) is 4.37. The molecular formula is C24H33OP. The molecule has 0 radical (unpaired) electrons. The first kappa shape index (κ1) is 20.8. The summed E-state index contributed by atoms with van der Waals surface area (Å²) in [6.07, 6.45) is 1.67. The number of hydrogen-bond donors (Lipinski definition) is 0. The van der Waals surface area contributed by atoms with Crippen LogP contribution in [-0.4, -0.2) is 0 Å². The zero-order valence-electron chi connectivity index (χ0n) is 17.8. The molecule has 0 aliphatic carbocycles. The molecule has 0 aliphatic rings. The first-order chi connectivity index (χ1) is 11.8. The third kappa shape index (κ3) is 5.02. The number of hydrogen-bond acceptors (Lipinski definition) is 1. The van der Waals surface area contributed by atoms with Crippen LogP contribution in [0.15, 0.2) is 34.9 Å². The largest absolute Gasteiger partial charge is 0.456 e. The number of benzene rings is 1. The normalized spacial score (nSPS) is 13.1. The van der Waals surface area contributed by atoms with Crippen molar-refractivity contribution in [2.24, 2.45) is 0 Å². The lowest BCUT2D eigenvalue weighted by Gasteiger charge is -2.33. The minimum absolute atomic E-state index is 0.0793. The standard InChI is InChI=1S/C24H33OP/c1-22(2,3)17-15-19(23(4,5)6)21(20(16-17)24(7,8)9)26-14-12-18-11-10-13-25-18/h10-11,13,15-16,26H,1-9H3. The van der Waals surface area contributed by atoms with Crippen molar-refractivity contribution < 1.29 is 4.42 Å². The van der Waals surface area contributed by atoms with Crippen LogP contribution in [0.3, 0.4) is 0 Å². The van der Waals surface area contributed by atoms with E-state index in [1.54, 1.807) is 6.26 Å². The van der Waals surface area contributed by atoms with Gasteiger partial charge in [-0.15, -0.1) is 0 Å². The van der Waals surface area contributed by atoms with Crippen molar-refractivity contribution >= 4 is 13.9 Å². The Bertz CT molecular complexity index is 775. The van der Waals surface area contributed by atoms with Crippen molar-refractivity contribution in [3.8, 4) is 11.6 Å². The van der Waals surface area contributed by atoms with Gasteiger partial charge in [0.15, 0.2) is 5.76 Å². The lowest BCUT2D eigenvalue weighted by molar-refractivity contribution is 0.553. The Labute approximate surface area is 161 Å². The van der Waals surface area contributed by atoms with Crippen LogP contribution in [0.2, 0.25) is 0 Å². The first-order valence-electron chi connectivity index (χ1n) is 9.30. The quantitative estimate of drug-likeness (QED) is 0.414. The third-order valence-electron chi connectivity index (χ3n) is 4.51. The van der Waals surface area contributed by atoms with Gasteiger partial charge in [-0.3, -0.25) is 0 Å². The van der Waals surface area contributed by atoms with Gasteiger partial charge in [0, 0.05) is 0 Å². The molecule has 26 heavy (non-hydrogen) atoms. The summed E-state index contributed by atoms with van der Waals surface area (Å²) in [4.78, 5) is 0. The molecule has 2 rings (SSSR count). The minimum atomic E-state index is 0.0793. The van der Waals surface area contributed by atoms with Gasteiger partial charge in [-0.1, -0.05) is 80.1 Å². The van der Waals surface area contributed by atoms with Crippen molar-refractivity contribution in [2.75, 3.05) is 0 Å². The zero-order chi connectivity index (χ0) is 19.8. The van der Waals surface area contributed by atoms with Gasteiger partial charge in [0.2, 0.25) is 0 Å². The Morgan fingerprint density at radius 1 is 0.808 bits per heavy atom. The molecule has 1 heterocycles. The second-order valence-corrected chi connectivity index (χ2v) is 11.0. The molecule has 1 aromatic heterocycles. The van der Waals surface area contributed by atoms with E-state index in [2.05, 4.69) is 86.0 Å². The summed E-state index contributed by atoms with van der Waals surface area (Å²) in [5, 5.41) is 1.40. The monoisotopic (exact) mass is 368 g/mol. The van der Waals surface area contributed by atoms with Crippen LogP contribution in [0, 0.1) is 11.6 Å². The van der Waals surface area contributed by atoms with Gasteiger partial charge in [0.1, 0.15) is 0 Å². The molecule has 2 heteroatoms. The van der Waals surface area contributed by atoms with Gasteiger partial charge in [0.25, 0.3) is 0 Å². The van der Waals surface area contributed by atoms with Gasteiger partial charge in [-0.05, 0) is 64.9 Å². The first-order valence-corrected chi connectivity index (χ1v) is 10.3. The number of rotatable bonds is 1. The Morgan fingerprint density at radius 3 is 1.73 bits per heavy atom. The molecule has 1 atom stereocenters. The van der Waals surface area contributed by atoms with E-state index in [9.17, 15) is 0 Å². The average Bonchev–Trinajstić information content (AvgIpc) is 2.97. The number of furan rings is 1. The van der Waals surface area contributed by atoms with E-state index < -0.39 is 0 Å². The maximum atomic E-state index is 5.36. The Kier molecular flexibility index (Phi) is 5.80. The molecule has 1 unspecified atom stereocenters. The van der Waals surface area contributed by atoms with Crippen LogP contribution in [-0.2, 0) is 16.2 Å². The van der Waals surface area contributed by atoms with E-state index in [-0.39, 0.29) is 16.2 Å². The summed E-state index contributed by atoms with van der Waals surface area (Å²) >= 11 is 0. The lowest BCUT2D eigenvalue weighted by atomic mass is 9.75. The molecule has 0 spiro atoms. The maximum absolute atomic E-state index is 5.36. The molecule has 0 fully saturated rings. The van der Waals surface area contributed by atoms with Crippen molar-refractivity contribution in [1.82, 2.24) is 0 Å². The fourth-order valence-electron chi connectivity index (χ4n) is 2.90. The fraction of sp³-hybridized carbons (Fsp3) is 0.500. The van der Waals surface area contributed by atoms with E-state index in [0.717, 1.165) is 5.76 Å². The smallest absolute Gasteiger partial charge is 0.176 e. The van der Waals surface area contributed by atoms with Crippen molar-refractivity contribution in [1.29, 1.82) is 0 Å². The third-order valence-corrected chi connectivity index (χ3v) is 5.55. The van der Waals surface area contributed by atoms with Gasteiger partial charge in [-0.25, -0.2) is 0 Å². The second kappa shape index (κ2) is 7.25.